The maximum Gasteiger partial charge on any atom is 0.410 e. The van der Waals surface area contributed by atoms with Crippen molar-refractivity contribution in [2.45, 2.75) is 65.2 Å². The molecule has 2 saturated heterocycles. The molecule has 2 aliphatic heterocycles. The third-order valence-corrected chi connectivity index (χ3v) is 3.91. The first-order chi connectivity index (χ1) is 9.31. The molecule has 0 aliphatic carbocycles. The minimum absolute atomic E-state index is 0.00619. The second-order valence-electron chi connectivity index (χ2n) is 6.92. The molecule has 1 amide bonds. The van der Waals surface area contributed by atoms with Gasteiger partial charge < -0.3 is 9.47 Å². The summed E-state index contributed by atoms with van der Waals surface area (Å²) < 4.78 is 11.0. The number of amides is 1. The maximum absolute atomic E-state index is 12.3. The monoisotopic (exact) mass is 283 g/mol. The molecule has 20 heavy (non-hydrogen) atoms. The van der Waals surface area contributed by atoms with E-state index >= 15 is 0 Å². The molecule has 0 saturated carbocycles. The molecule has 5 heteroatoms. The van der Waals surface area contributed by atoms with Gasteiger partial charge in [0.25, 0.3) is 0 Å². The van der Waals surface area contributed by atoms with Gasteiger partial charge in [0.1, 0.15) is 18.8 Å². The molecule has 0 aromatic carbocycles. The first-order valence-electron chi connectivity index (χ1n) is 7.43. The van der Waals surface area contributed by atoms with Crippen LogP contribution >= 0.6 is 0 Å². The van der Waals surface area contributed by atoms with Crippen LogP contribution in [-0.2, 0) is 14.3 Å². The Labute approximate surface area is 120 Å². The van der Waals surface area contributed by atoms with Gasteiger partial charge in [-0.3, -0.25) is 9.69 Å². The lowest BCUT2D eigenvalue weighted by Crippen LogP contribution is -2.43. The fourth-order valence-corrected chi connectivity index (χ4v) is 2.96. The lowest BCUT2D eigenvalue weighted by Gasteiger charge is -2.28. The number of ether oxygens (including phenoxy) is 2. The Bertz CT molecular complexity index is 388. The molecular weight excluding hydrogens is 258 g/mol. The Balaban J connectivity index is 1.95. The van der Waals surface area contributed by atoms with E-state index in [4.69, 9.17) is 9.47 Å². The van der Waals surface area contributed by atoms with Crippen molar-refractivity contribution in [3.63, 3.8) is 0 Å². The molecule has 1 unspecified atom stereocenters. The predicted molar refractivity (Wildman–Crippen MR) is 74.5 cm³/mol. The first kappa shape index (κ1) is 15.3. The van der Waals surface area contributed by atoms with Gasteiger partial charge >= 0.3 is 6.09 Å². The molecule has 3 atom stereocenters. The van der Waals surface area contributed by atoms with Crippen LogP contribution in [-0.4, -0.2) is 48.2 Å². The Hall–Kier alpha value is -1.10. The molecule has 5 nitrogen and oxygen atoms in total. The van der Waals surface area contributed by atoms with Crippen molar-refractivity contribution in [1.82, 2.24) is 4.90 Å². The Morgan fingerprint density at radius 1 is 1.50 bits per heavy atom. The van der Waals surface area contributed by atoms with Gasteiger partial charge in [-0.1, -0.05) is 27.7 Å². The molecule has 0 aromatic heterocycles. The SMILES string of the molecule is CCC(CC(C)(C)C)OC(=O)N1CC[C@H]2OCC(=O)[C@H]21. The van der Waals surface area contributed by atoms with E-state index < -0.39 is 6.04 Å². The predicted octanol–water partition coefficient (Wildman–Crippen LogP) is 2.38. The zero-order valence-corrected chi connectivity index (χ0v) is 12.8. The molecule has 2 heterocycles. The van der Waals surface area contributed by atoms with E-state index in [1.54, 1.807) is 4.90 Å². The van der Waals surface area contributed by atoms with E-state index in [0.717, 1.165) is 19.3 Å². The lowest BCUT2D eigenvalue weighted by molar-refractivity contribution is -0.121. The summed E-state index contributed by atoms with van der Waals surface area (Å²) in [5.74, 6) is -0.00619. The summed E-state index contributed by atoms with van der Waals surface area (Å²) in [5.41, 5.74) is 0.112. The summed E-state index contributed by atoms with van der Waals surface area (Å²) in [7, 11) is 0. The standard InChI is InChI=1S/C15H25NO4/c1-5-10(8-15(2,3)4)20-14(18)16-7-6-12-13(16)11(17)9-19-12/h10,12-13H,5-9H2,1-4H3/t10?,12-,13-/m1/s1. The number of ketones is 1. The van der Waals surface area contributed by atoms with Gasteiger partial charge in [-0.05, 0) is 24.7 Å². The highest BCUT2D eigenvalue weighted by molar-refractivity contribution is 5.91. The second kappa shape index (κ2) is 5.72. The molecule has 2 fully saturated rings. The van der Waals surface area contributed by atoms with Crippen molar-refractivity contribution in [2.75, 3.05) is 13.2 Å². The van der Waals surface area contributed by atoms with Gasteiger partial charge in [0.05, 0.1) is 6.10 Å². The summed E-state index contributed by atoms with van der Waals surface area (Å²) in [6, 6.07) is -0.422. The van der Waals surface area contributed by atoms with Crippen molar-refractivity contribution < 1.29 is 19.1 Å². The highest BCUT2D eigenvalue weighted by atomic mass is 16.6. The number of carbonyl (C=O) groups excluding carboxylic acids is 2. The van der Waals surface area contributed by atoms with E-state index in [1.807, 2.05) is 6.92 Å². The molecular formula is C15H25NO4. The van der Waals surface area contributed by atoms with Crippen molar-refractivity contribution in [2.24, 2.45) is 5.41 Å². The van der Waals surface area contributed by atoms with E-state index in [-0.39, 0.29) is 36.1 Å². The Morgan fingerprint density at radius 3 is 2.80 bits per heavy atom. The van der Waals surface area contributed by atoms with E-state index in [2.05, 4.69) is 20.8 Å². The molecule has 0 radical (unpaired) electrons. The second-order valence-corrected chi connectivity index (χ2v) is 6.92. The van der Waals surface area contributed by atoms with Gasteiger partial charge in [0, 0.05) is 6.54 Å². The van der Waals surface area contributed by atoms with Crippen LogP contribution in [0.1, 0.15) is 47.0 Å². The highest BCUT2D eigenvalue weighted by Crippen LogP contribution is 2.29. The number of likely N-dealkylation sites (tertiary alicyclic amines) is 1. The highest BCUT2D eigenvalue weighted by Gasteiger charge is 2.47. The van der Waals surface area contributed by atoms with E-state index in [1.165, 1.54) is 0 Å². The number of hydrogen-bond acceptors (Lipinski definition) is 4. The van der Waals surface area contributed by atoms with Crippen LogP contribution in [0.3, 0.4) is 0 Å². The number of nitrogens with zero attached hydrogens (tertiary/aromatic N) is 1. The molecule has 114 valence electrons. The van der Waals surface area contributed by atoms with Crippen LogP contribution in [0.2, 0.25) is 0 Å². The molecule has 0 bridgehead atoms. The minimum atomic E-state index is -0.422. The third-order valence-electron chi connectivity index (χ3n) is 3.91. The topological polar surface area (TPSA) is 55.8 Å². The zero-order chi connectivity index (χ0) is 14.9. The molecule has 0 spiro atoms. The number of rotatable bonds is 3. The van der Waals surface area contributed by atoms with Crippen molar-refractivity contribution in [3.05, 3.63) is 0 Å². The van der Waals surface area contributed by atoms with Gasteiger partial charge in [-0.2, -0.15) is 0 Å². The largest absolute Gasteiger partial charge is 0.446 e. The Morgan fingerprint density at radius 2 is 2.20 bits per heavy atom. The lowest BCUT2D eigenvalue weighted by atomic mass is 9.88. The van der Waals surface area contributed by atoms with Crippen LogP contribution in [0.4, 0.5) is 4.79 Å². The first-order valence-corrected chi connectivity index (χ1v) is 7.43. The molecule has 2 aliphatic rings. The maximum atomic E-state index is 12.3. The molecule has 0 N–H and O–H groups in total. The van der Waals surface area contributed by atoms with E-state index in [9.17, 15) is 9.59 Å². The van der Waals surface area contributed by atoms with Gasteiger partial charge in [-0.25, -0.2) is 4.79 Å². The van der Waals surface area contributed by atoms with Crippen molar-refractivity contribution >= 4 is 11.9 Å². The number of fused-ring (bicyclic) bond motifs is 1. The van der Waals surface area contributed by atoms with Gasteiger partial charge in [-0.15, -0.1) is 0 Å². The summed E-state index contributed by atoms with van der Waals surface area (Å²) in [6.07, 6.45) is 1.74. The third kappa shape index (κ3) is 3.32. The average Bonchev–Trinajstić information content (AvgIpc) is 2.90. The summed E-state index contributed by atoms with van der Waals surface area (Å²) >= 11 is 0. The zero-order valence-electron chi connectivity index (χ0n) is 12.8. The number of hydrogen-bond donors (Lipinski definition) is 0. The number of Topliss-reactive ketones (excluding diaryl/α,β-unsaturated/α-hetero) is 1. The summed E-state index contributed by atoms with van der Waals surface area (Å²) in [6.45, 7) is 9.07. The Kier molecular flexibility index (Phi) is 4.37. The van der Waals surface area contributed by atoms with Crippen molar-refractivity contribution in [3.8, 4) is 0 Å². The molecule has 2 rings (SSSR count). The van der Waals surface area contributed by atoms with Crippen LogP contribution in [0.25, 0.3) is 0 Å². The van der Waals surface area contributed by atoms with Crippen LogP contribution < -0.4 is 0 Å². The van der Waals surface area contributed by atoms with Crippen LogP contribution in [0, 0.1) is 5.41 Å². The van der Waals surface area contributed by atoms with Crippen molar-refractivity contribution in [1.29, 1.82) is 0 Å². The fraction of sp³-hybridized carbons (Fsp3) is 0.867. The number of carbonyl (C=O) groups is 2. The van der Waals surface area contributed by atoms with Crippen LogP contribution in [0.5, 0.6) is 0 Å². The fourth-order valence-electron chi connectivity index (χ4n) is 2.96. The summed E-state index contributed by atoms with van der Waals surface area (Å²) in [5, 5.41) is 0. The summed E-state index contributed by atoms with van der Waals surface area (Å²) in [4.78, 5) is 25.6. The van der Waals surface area contributed by atoms with Crippen LogP contribution in [0.15, 0.2) is 0 Å². The quantitative estimate of drug-likeness (QED) is 0.798. The normalized spacial score (nSPS) is 27.6. The average molecular weight is 283 g/mol. The molecule has 0 aromatic rings. The van der Waals surface area contributed by atoms with Gasteiger partial charge in [0.2, 0.25) is 0 Å². The minimum Gasteiger partial charge on any atom is -0.446 e. The van der Waals surface area contributed by atoms with Gasteiger partial charge in [0.15, 0.2) is 5.78 Å². The van der Waals surface area contributed by atoms with E-state index in [0.29, 0.717) is 6.54 Å². The smallest absolute Gasteiger partial charge is 0.410 e.